The number of rotatable bonds is 18. The summed E-state index contributed by atoms with van der Waals surface area (Å²) in [6, 6.07) is 0. The molecule has 0 amide bonds. The van der Waals surface area contributed by atoms with E-state index in [9.17, 15) is 19.8 Å². The van der Waals surface area contributed by atoms with E-state index >= 15 is 0 Å². The van der Waals surface area contributed by atoms with Gasteiger partial charge in [-0.2, -0.15) is 0 Å². The van der Waals surface area contributed by atoms with E-state index in [4.69, 9.17) is 3.32 Å². The Morgan fingerprint density at radius 1 is 0.425 bits per heavy atom. The Kier molecular flexibility index (Phi) is 23.4. The molecule has 0 aliphatic rings. The van der Waals surface area contributed by atoms with Crippen LogP contribution in [0.1, 0.15) is 160 Å². The van der Waals surface area contributed by atoms with E-state index in [-0.39, 0.29) is 44.7 Å². The van der Waals surface area contributed by atoms with Crippen molar-refractivity contribution >= 4 is 11.6 Å². The SMILES string of the molecule is CCC(CC)(CC)C(=O)/C=C(\O)C(CC)(CC)CC.CCC(CC)(CC)C(=O)/C=C(\O)C(CC)(CC)CC.[O]=[Ti]. The Hall–Kier alpha value is -1.07. The fourth-order valence-corrected chi connectivity index (χ4v) is 5.99. The van der Waals surface area contributed by atoms with Gasteiger partial charge in [0.05, 0.1) is 0 Å². The number of carbonyl (C=O) groups is 2. The number of hydrogen-bond acceptors (Lipinski definition) is 5. The molecule has 0 heterocycles. The van der Waals surface area contributed by atoms with Gasteiger partial charge >= 0.3 is 23.7 Å². The third-order valence-corrected chi connectivity index (χ3v) is 10.8. The van der Waals surface area contributed by atoms with Crippen molar-refractivity contribution in [2.75, 3.05) is 0 Å². The third-order valence-electron chi connectivity index (χ3n) is 10.8. The van der Waals surface area contributed by atoms with Gasteiger partial charge < -0.3 is 10.2 Å². The van der Waals surface area contributed by atoms with Gasteiger partial charge in [0.25, 0.3) is 0 Å². The number of aliphatic hydroxyl groups is 2. The molecule has 0 bridgehead atoms. The molecule has 5 nitrogen and oxygen atoms in total. The monoisotopic (exact) mass is 600 g/mol. The molecule has 0 fully saturated rings. The summed E-state index contributed by atoms with van der Waals surface area (Å²) in [4.78, 5) is 25.1. The van der Waals surface area contributed by atoms with Crippen LogP contribution in [0.4, 0.5) is 0 Å². The Labute approximate surface area is 259 Å². The molecule has 0 saturated carbocycles. The maximum absolute atomic E-state index is 12.5. The number of hydrogen-bond donors (Lipinski definition) is 2. The predicted molar refractivity (Wildman–Crippen MR) is 165 cm³/mol. The van der Waals surface area contributed by atoms with Crippen LogP contribution in [-0.2, 0) is 33.3 Å². The summed E-state index contributed by atoms with van der Waals surface area (Å²) in [5.74, 6) is 0.754. The summed E-state index contributed by atoms with van der Waals surface area (Å²) in [5, 5.41) is 20.8. The van der Waals surface area contributed by atoms with Crippen LogP contribution in [0.3, 0.4) is 0 Å². The van der Waals surface area contributed by atoms with E-state index in [1.807, 2.05) is 0 Å². The Morgan fingerprint density at radius 3 is 0.700 bits per heavy atom. The molecule has 6 heteroatoms. The first-order valence-corrected chi connectivity index (χ1v) is 16.6. The van der Waals surface area contributed by atoms with Crippen LogP contribution in [0.25, 0.3) is 0 Å². The summed E-state index contributed by atoms with van der Waals surface area (Å²) in [5.41, 5.74) is -1.04. The van der Waals surface area contributed by atoms with Crippen LogP contribution in [-0.4, -0.2) is 21.8 Å². The molecule has 0 rings (SSSR count). The third kappa shape index (κ3) is 10.6. The van der Waals surface area contributed by atoms with Gasteiger partial charge in [-0.15, -0.1) is 0 Å². The van der Waals surface area contributed by atoms with Crippen LogP contribution in [0.15, 0.2) is 23.7 Å². The normalized spacial score (nSPS) is 13.1. The molecule has 0 aromatic carbocycles. The number of aliphatic hydroxyl groups excluding tert-OH is 2. The molecule has 0 spiro atoms. The molecule has 2 N–H and O–H groups in total. The van der Waals surface area contributed by atoms with Gasteiger partial charge in [-0.25, -0.2) is 0 Å². The first-order valence-electron chi connectivity index (χ1n) is 15.9. The second-order valence-corrected chi connectivity index (χ2v) is 11.2. The van der Waals surface area contributed by atoms with Gasteiger partial charge in [0, 0.05) is 33.8 Å². The minimum atomic E-state index is -0.297. The van der Waals surface area contributed by atoms with Crippen molar-refractivity contribution in [1.82, 2.24) is 0 Å². The standard InChI is InChI=1S/2C17H32O2.O.Ti/c2*1-7-16(8-2,9-3)14(18)13-15(19)17(10-4,11-5)12-6;;/h2*13,18H,7-12H2,1-6H3;;/b2*14-13-;;. The fourth-order valence-electron chi connectivity index (χ4n) is 5.99. The summed E-state index contributed by atoms with van der Waals surface area (Å²) in [6.07, 6.45) is 13.2. The molecule has 0 aliphatic heterocycles. The molecule has 234 valence electrons. The molecular formula is C34H64O5Ti. The zero-order valence-corrected chi connectivity index (χ0v) is 29.8. The summed E-state index contributed by atoms with van der Waals surface area (Å²) in [7, 11) is 0. The Bertz CT molecular complexity index is 670. The van der Waals surface area contributed by atoms with Crippen LogP contribution in [0.2, 0.25) is 0 Å². The molecule has 0 aromatic heterocycles. The minimum absolute atomic E-state index is 0.0947. The average molecular weight is 601 g/mol. The van der Waals surface area contributed by atoms with Gasteiger partial charge in [-0.3, -0.25) is 9.59 Å². The van der Waals surface area contributed by atoms with E-state index in [0.717, 1.165) is 97.5 Å². The summed E-state index contributed by atoms with van der Waals surface area (Å²) >= 11 is 0.750. The van der Waals surface area contributed by atoms with E-state index in [0.29, 0.717) is 0 Å². The molecule has 0 saturated heterocycles. The van der Waals surface area contributed by atoms with E-state index in [1.165, 1.54) is 12.2 Å². The Morgan fingerprint density at radius 2 is 0.575 bits per heavy atom. The number of ketones is 2. The maximum atomic E-state index is 12.5. The number of carbonyl (C=O) groups excluding carboxylic acids is 2. The van der Waals surface area contributed by atoms with Gasteiger partial charge in [-0.1, -0.05) is 83.1 Å². The van der Waals surface area contributed by atoms with Crippen molar-refractivity contribution in [3.63, 3.8) is 0 Å². The molecule has 0 unspecified atom stereocenters. The van der Waals surface area contributed by atoms with E-state index in [1.54, 1.807) is 0 Å². The van der Waals surface area contributed by atoms with Crippen molar-refractivity contribution in [2.24, 2.45) is 21.7 Å². The molecule has 0 aliphatic carbocycles. The summed E-state index contributed by atoms with van der Waals surface area (Å²) in [6.45, 7) is 24.8. The first kappa shape index (κ1) is 43.4. The molecule has 0 aromatic rings. The van der Waals surface area contributed by atoms with Gasteiger partial charge in [0.2, 0.25) is 0 Å². The molecular weight excluding hydrogens is 536 g/mol. The topological polar surface area (TPSA) is 91.7 Å². The molecule has 0 radical (unpaired) electrons. The average Bonchev–Trinajstić information content (AvgIpc) is 2.99. The summed E-state index contributed by atoms with van der Waals surface area (Å²) < 4.78 is 8.25. The van der Waals surface area contributed by atoms with Crippen molar-refractivity contribution in [2.45, 2.75) is 160 Å². The second-order valence-electron chi connectivity index (χ2n) is 11.2. The zero-order chi connectivity index (χ0) is 32.2. The zero-order valence-electron chi connectivity index (χ0n) is 28.3. The van der Waals surface area contributed by atoms with E-state index < -0.39 is 0 Å². The van der Waals surface area contributed by atoms with Crippen molar-refractivity contribution in [1.29, 1.82) is 0 Å². The van der Waals surface area contributed by atoms with Crippen molar-refractivity contribution < 1.29 is 43.5 Å². The van der Waals surface area contributed by atoms with Gasteiger partial charge in [0.1, 0.15) is 11.5 Å². The van der Waals surface area contributed by atoms with Crippen LogP contribution in [0.5, 0.6) is 0 Å². The fraction of sp³-hybridized carbons (Fsp3) is 0.824. The quantitative estimate of drug-likeness (QED) is 0.0927. The van der Waals surface area contributed by atoms with Crippen LogP contribution < -0.4 is 0 Å². The molecule has 40 heavy (non-hydrogen) atoms. The van der Waals surface area contributed by atoms with E-state index in [2.05, 4.69) is 83.1 Å². The Balaban J connectivity index is -0.000000644. The van der Waals surface area contributed by atoms with Crippen molar-refractivity contribution in [3.05, 3.63) is 23.7 Å². The molecule has 0 atom stereocenters. The van der Waals surface area contributed by atoms with Crippen molar-refractivity contribution in [3.8, 4) is 0 Å². The van der Waals surface area contributed by atoms with Gasteiger partial charge in [0.15, 0.2) is 11.6 Å². The second kappa shape index (κ2) is 21.6. The van der Waals surface area contributed by atoms with Crippen LogP contribution in [0, 0.1) is 21.7 Å². The first-order chi connectivity index (χ1) is 18.8. The van der Waals surface area contributed by atoms with Crippen LogP contribution >= 0.6 is 0 Å². The predicted octanol–water partition coefficient (Wildman–Crippen LogP) is 10.7. The van der Waals surface area contributed by atoms with Gasteiger partial charge in [-0.05, 0) is 77.0 Å². The number of allylic oxidation sites excluding steroid dienone is 4.